The Bertz CT molecular complexity index is 1320. The summed E-state index contributed by atoms with van der Waals surface area (Å²) in [5, 5.41) is 6.21. The van der Waals surface area contributed by atoms with Gasteiger partial charge < -0.3 is 25.0 Å². The molecule has 0 bridgehead atoms. The minimum Gasteiger partial charge on any atom is -0.444 e. The SMILES string of the molecule is CC(C)(C)OC(=O)N1CCC[C@@H]1C(=O)Nc1ccc(-c2ccnc(Nc3ccc(N4CCOCC4)cc3)n2)cc1. The predicted molar refractivity (Wildman–Crippen MR) is 155 cm³/mol. The molecule has 2 N–H and O–H groups in total. The third-order valence-corrected chi connectivity index (χ3v) is 6.79. The van der Waals surface area contributed by atoms with Crippen molar-refractivity contribution in [2.45, 2.75) is 45.3 Å². The Morgan fingerprint density at radius 1 is 0.950 bits per heavy atom. The Morgan fingerprint density at radius 3 is 2.35 bits per heavy atom. The first kappa shape index (κ1) is 27.4. The van der Waals surface area contributed by atoms with Gasteiger partial charge in [0.05, 0.1) is 18.9 Å². The molecule has 2 aliphatic rings. The molecule has 5 rings (SSSR count). The van der Waals surface area contributed by atoms with Crippen molar-refractivity contribution in [3.63, 3.8) is 0 Å². The van der Waals surface area contributed by atoms with Crippen LogP contribution in [0, 0.1) is 0 Å². The molecule has 2 amide bonds. The average Bonchev–Trinajstić information content (AvgIpc) is 3.45. The van der Waals surface area contributed by atoms with Crippen molar-refractivity contribution in [3.8, 4) is 11.3 Å². The maximum Gasteiger partial charge on any atom is 0.410 e. The van der Waals surface area contributed by atoms with Gasteiger partial charge in [-0.15, -0.1) is 0 Å². The number of nitrogens with zero attached hydrogens (tertiary/aromatic N) is 4. The van der Waals surface area contributed by atoms with E-state index in [0.717, 1.165) is 49.7 Å². The quantitative estimate of drug-likeness (QED) is 0.443. The van der Waals surface area contributed by atoms with Crippen LogP contribution in [0.4, 0.5) is 27.8 Å². The van der Waals surface area contributed by atoms with E-state index < -0.39 is 17.7 Å². The Morgan fingerprint density at radius 2 is 1.65 bits per heavy atom. The fourth-order valence-electron chi connectivity index (χ4n) is 4.81. The normalized spacial score (nSPS) is 17.4. The molecule has 0 unspecified atom stereocenters. The van der Waals surface area contributed by atoms with Crippen molar-refractivity contribution < 1.29 is 19.1 Å². The number of amides is 2. The lowest BCUT2D eigenvalue weighted by atomic mass is 10.1. The molecule has 0 spiro atoms. The summed E-state index contributed by atoms with van der Waals surface area (Å²) < 4.78 is 10.9. The number of carbonyl (C=O) groups is 2. The first-order valence-electron chi connectivity index (χ1n) is 13.7. The van der Waals surface area contributed by atoms with Crippen LogP contribution in [0.1, 0.15) is 33.6 Å². The molecule has 3 heterocycles. The molecule has 2 saturated heterocycles. The van der Waals surface area contributed by atoms with Gasteiger partial charge in [0.15, 0.2) is 0 Å². The van der Waals surface area contributed by atoms with Gasteiger partial charge in [-0.1, -0.05) is 12.1 Å². The number of anilines is 4. The molecule has 210 valence electrons. The van der Waals surface area contributed by atoms with Crippen molar-refractivity contribution in [1.82, 2.24) is 14.9 Å². The summed E-state index contributed by atoms with van der Waals surface area (Å²) >= 11 is 0. The maximum absolute atomic E-state index is 13.0. The van der Waals surface area contributed by atoms with E-state index in [9.17, 15) is 9.59 Å². The zero-order valence-electron chi connectivity index (χ0n) is 23.2. The Balaban J connectivity index is 1.20. The van der Waals surface area contributed by atoms with Gasteiger partial charge in [0.1, 0.15) is 11.6 Å². The number of carbonyl (C=O) groups excluding carboxylic acids is 2. The van der Waals surface area contributed by atoms with E-state index in [1.54, 1.807) is 6.20 Å². The number of hydrogen-bond donors (Lipinski definition) is 2. The molecule has 0 saturated carbocycles. The second-order valence-corrected chi connectivity index (χ2v) is 10.9. The molecule has 2 aliphatic heterocycles. The molecular weight excluding hydrogens is 508 g/mol. The molecule has 0 radical (unpaired) electrons. The van der Waals surface area contributed by atoms with E-state index in [-0.39, 0.29) is 5.91 Å². The summed E-state index contributed by atoms with van der Waals surface area (Å²) in [6.07, 6.45) is 2.63. The van der Waals surface area contributed by atoms with Crippen LogP contribution in [0.5, 0.6) is 0 Å². The van der Waals surface area contributed by atoms with E-state index in [0.29, 0.717) is 24.6 Å². The van der Waals surface area contributed by atoms with Gasteiger partial charge in [-0.05, 0) is 76.1 Å². The lowest BCUT2D eigenvalue weighted by Gasteiger charge is -2.28. The number of hydrogen-bond acceptors (Lipinski definition) is 8. The number of nitrogens with one attached hydrogen (secondary N) is 2. The highest BCUT2D eigenvalue weighted by molar-refractivity contribution is 5.97. The van der Waals surface area contributed by atoms with Crippen molar-refractivity contribution >= 4 is 35.0 Å². The summed E-state index contributed by atoms with van der Waals surface area (Å²) in [5.74, 6) is 0.279. The fraction of sp³-hybridized carbons (Fsp3) is 0.400. The highest BCUT2D eigenvalue weighted by Crippen LogP contribution is 2.25. The molecular formula is C30H36N6O4. The number of benzene rings is 2. The highest BCUT2D eigenvalue weighted by atomic mass is 16.6. The molecule has 1 aromatic heterocycles. The zero-order chi connectivity index (χ0) is 28.1. The molecule has 0 aliphatic carbocycles. The van der Waals surface area contributed by atoms with Crippen molar-refractivity contribution in [3.05, 3.63) is 60.8 Å². The third-order valence-electron chi connectivity index (χ3n) is 6.79. The first-order valence-corrected chi connectivity index (χ1v) is 13.7. The predicted octanol–water partition coefficient (Wildman–Crippen LogP) is 5.06. The van der Waals surface area contributed by atoms with Crippen molar-refractivity contribution in [2.24, 2.45) is 0 Å². The number of likely N-dealkylation sites (tertiary alicyclic amines) is 1. The molecule has 10 heteroatoms. The Labute approximate surface area is 234 Å². The number of ether oxygens (including phenoxy) is 2. The van der Waals surface area contributed by atoms with Crippen LogP contribution in [-0.4, -0.2) is 71.4 Å². The van der Waals surface area contributed by atoms with Gasteiger partial charge in [0.2, 0.25) is 11.9 Å². The Hall–Kier alpha value is -4.18. The number of aromatic nitrogens is 2. The van der Waals surface area contributed by atoms with Crippen molar-refractivity contribution in [1.29, 1.82) is 0 Å². The number of morpholine rings is 1. The van der Waals surface area contributed by atoms with E-state index >= 15 is 0 Å². The maximum atomic E-state index is 13.0. The summed E-state index contributed by atoms with van der Waals surface area (Å²) in [6, 6.07) is 17.0. The molecule has 2 aromatic carbocycles. The van der Waals surface area contributed by atoms with E-state index in [1.165, 1.54) is 10.6 Å². The lowest BCUT2D eigenvalue weighted by molar-refractivity contribution is -0.120. The molecule has 1 atom stereocenters. The largest absolute Gasteiger partial charge is 0.444 e. The van der Waals surface area contributed by atoms with Crippen LogP contribution < -0.4 is 15.5 Å². The molecule has 10 nitrogen and oxygen atoms in total. The zero-order valence-corrected chi connectivity index (χ0v) is 23.2. The standard InChI is InChI=1S/C30H36N6O4/c1-30(2,3)40-29(38)36-16-4-5-26(36)27(37)32-22-8-6-21(7-9-22)25-14-15-31-28(34-25)33-23-10-12-24(13-11-23)35-17-19-39-20-18-35/h6-15,26H,4-5,16-20H2,1-3H3,(H,32,37)(H,31,33,34)/t26-/m1/s1. The first-order chi connectivity index (χ1) is 19.2. The fourth-order valence-corrected chi connectivity index (χ4v) is 4.81. The summed E-state index contributed by atoms with van der Waals surface area (Å²) in [4.78, 5) is 38.4. The van der Waals surface area contributed by atoms with Gasteiger partial charge >= 0.3 is 6.09 Å². The Kier molecular flexibility index (Phi) is 8.16. The van der Waals surface area contributed by atoms with Gasteiger partial charge in [0, 0.05) is 48.5 Å². The van der Waals surface area contributed by atoms with Gasteiger partial charge in [-0.2, -0.15) is 0 Å². The second-order valence-electron chi connectivity index (χ2n) is 10.9. The van der Waals surface area contributed by atoms with Gasteiger partial charge in [0.25, 0.3) is 0 Å². The summed E-state index contributed by atoms with van der Waals surface area (Å²) in [7, 11) is 0. The molecule has 2 fully saturated rings. The minimum absolute atomic E-state index is 0.218. The monoisotopic (exact) mass is 544 g/mol. The number of rotatable bonds is 6. The van der Waals surface area contributed by atoms with Gasteiger partial charge in [-0.25, -0.2) is 14.8 Å². The van der Waals surface area contributed by atoms with Crippen LogP contribution in [0.2, 0.25) is 0 Å². The summed E-state index contributed by atoms with van der Waals surface area (Å²) in [5.41, 5.74) is 3.76. The van der Waals surface area contributed by atoms with Crippen molar-refractivity contribution in [2.75, 3.05) is 48.4 Å². The van der Waals surface area contributed by atoms with Crippen LogP contribution in [0.15, 0.2) is 60.8 Å². The van der Waals surface area contributed by atoms with E-state index in [2.05, 4.69) is 37.6 Å². The smallest absolute Gasteiger partial charge is 0.410 e. The highest BCUT2D eigenvalue weighted by Gasteiger charge is 2.36. The second kappa shape index (κ2) is 11.9. The van der Waals surface area contributed by atoms with Crippen LogP contribution in [0.25, 0.3) is 11.3 Å². The lowest BCUT2D eigenvalue weighted by Crippen LogP contribution is -2.45. The molecule has 3 aromatic rings. The average molecular weight is 545 g/mol. The van der Waals surface area contributed by atoms with Crippen LogP contribution in [0.3, 0.4) is 0 Å². The van der Waals surface area contributed by atoms with Crippen LogP contribution >= 0.6 is 0 Å². The molecule has 40 heavy (non-hydrogen) atoms. The van der Waals surface area contributed by atoms with Gasteiger partial charge in [-0.3, -0.25) is 9.69 Å². The van der Waals surface area contributed by atoms with E-state index in [4.69, 9.17) is 9.47 Å². The minimum atomic E-state index is -0.611. The summed E-state index contributed by atoms with van der Waals surface area (Å²) in [6.45, 7) is 9.25. The topological polar surface area (TPSA) is 109 Å². The third kappa shape index (κ3) is 6.87. The van der Waals surface area contributed by atoms with Crippen LogP contribution in [-0.2, 0) is 14.3 Å². The van der Waals surface area contributed by atoms with E-state index in [1.807, 2.05) is 63.2 Å².